The molecule has 1 aromatic carbocycles. The van der Waals surface area contributed by atoms with Gasteiger partial charge in [-0.1, -0.05) is 6.07 Å². The Kier molecular flexibility index (Phi) is 6.30. The third kappa shape index (κ3) is 5.25. The number of carbonyl (C=O) groups is 1. The highest BCUT2D eigenvalue weighted by Crippen LogP contribution is 2.28. The normalized spacial score (nSPS) is 11.2. The summed E-state index contributed by atoms with van der Waals surface area (Å²) in [4.78, 5) is 11.4. The Bertz CT molecular complexity index is 611. The van der Waals surface area contributed by atoms with Gasteiger partial charge in [-0.2, -0.15) is 10.5 Å². The van der Waals surface area contributed by atoms with Crippen molar-refractivity contribution in [3.8, 4) is 23.6 Å². The number of nitrogens with zero attached hydrogens (tertiary/aromatic N) is 2. The molecule has 1 atom stereocenters. The van der Waals surface area contributed by atoms with Crippen molar-refractivity contribution in [1.29, 1.82) is 10.5 Å². The van der Waals surface area contributed by atoms with E-state index in [2.05, 4.69) is 0 Å². The summed E-state index contributed by atoms with van der Waals surface area (Å²) in [6, 6.07) is 8.66. The zero-order chi connectivity index (χ0) is 15.7. The van der Waals surface area contributed by atoms with Crippen LogP contribution < -0.4 is 9.47 Å². The van der Waals surface area contributed by atoms with Crippen molar-refractivity contribution in [2.45, 2.75) is 13.0 Å². The highest BCUT2D eigenvalue weighted by Gasteiger charge is 2.06. The summed E-state index contributed by atoms with van der Waals surface area (Å²) >= 11 is 0. The van der Waals surface area contributed by atoms with Gasteiger partial charge in [0.05, 0.1) is 7.11 Å². The molecule has 0 heterocycles. The molecule has 6 heteroatoms. The Morgan fingerprint density at radius 1 is 1.38 bits per heavy atom. The van der Waals surface area contributed by atoms with Crippen molar-refractivity contribution < 1.29 is 19.0 Å². The molecule has 0 aliphatic carbocycles. The minimum Gasteiger partial charge on any atom is -0.493 e. The van der Waals surface area contributed by atoms with Crippen LogP contribution in [0.4, 0.5) is 0 Å². The summed E-state index contributed by atoms with van der Waals surface area (Å²) in [6.07, 6.45) is 1.96. The highest BCUT2D eigenvalue weighted by atomic mass is 16.5. The molecule has 0 saturated carbocycles. The lowest BCUT2D eigenvalue weighted by Crippen LogP contribution is -2.10. The monoisotopic (exact) mass is 286 g/mol. The van der Waals surface area contributed by atoms with Crippen LogP contribution in [-0.4, -0.2) is 25.8 Å². The van der Waals surface area contributed by atoms with Gasteiger partial charge < -0.3 is 14.2 Å². The van der Waals surface area contributed by atoms with Gasteiger partial charge in [-0.15, -0.1) is 0 Å². The quantitative estimate of drug-likeness (QED) is 0.587. The van der Waals surface area contributed by atoms with Crippen molar-refractivity contribution in [2.24, 2.45) is 0 Å². The molecule has 0 aliphatic heterocycles. The van der Waals surface area contributed by atoms with Crippen LogP contribution in [0.1, 0.15) is 12.5 Å². The molecular formula is C15H14N2O4. The summed E-state index contributed by atoms with van der Waals surface area (Å²) in [5.41, 5.74) is 0.692. The van der Waals surface area contributed by atoms with Gasteiger partial charge in [0, 0.05) is 6.08 Å². The number of hydrogen-bond acceptors (Lipinski definition) is 6. The molecule has 0 saturated heterocycles. The zero-order valence-electron chi connectivity index (χ0n) is 11.7. The predicted molar refractivity (Wildman–Crippen MR) is 74.3 cm³/mol. The Balaban J connectivity index is 2.79. The van der Waals surface area contributed by atoms with Gasteiger partial charge in [0.2, 0.25) is 0 Å². The van der Waals surface area contributed by atoms with Gasteiger partial charge >= 0.3 is 5.97 Å². The average molecular weight is 286 g/mol. The molecule has 0 spiro atoms. The molecule has 0 N–H and O–H groups in total. The van der Waals surface area contributed by atoms with Crippen LogP contribution in [0.5, 0.6) is 11.5 Å². The van der Waals surface area contributed by atoms with E-state index in [9.17, 15) is 4.79 Å². The number of esters is 1. The number of rotatable bonds is 6. The first-order valence-electron chi connectivity index (χ1n) is 6.06. The first-order valence-corrected chi connectivity index (χ1v) is 6.06. The molecule has 0 fully saturated rings. The van der Waals surface area contributed by atoms with Crippen molar-refractivity contribution in [1.82, 2.24) is 0 Å². The van der Waals surface area contributed by atoms with Gasteiger partial charge in [0.25, 0.3) is 0 Å². The van der Waals surface area contributed by atoms with Gasteiger partial charge in [-0.25, -0.2) is 4.79 Å². The number of ether oxygens (including phenoxy) is 3. The molecule has 0 radical (unpaired) electrons. The maximum Gasteiger partial charge on any atom is 0.332 e. The van der Waals surface area contributed by atoms with Crippen LogP contribution in [-0.2, 0) is 9.53 Å². The average Bonchev–Trinajstić information content (AvgIpc) is 2.50. The molecule has 0 aromatic heterocycles. The summed E-state index contributed by atoms with van der Waals surface area (Å²) in [5.74, 6) is 0.288. The standard InChI is InChI=1S/C15H14N2O4/c1-11(10-17)21-15(18)6-4-12-3-5-13(20-8-7-16)14(9-12)19-2/h3-6,9,11H,8H2,1-2H3. The second-order valence-electron chi connectivity index (χ2n) is 3.90. The Hall–Kier alpha value is -2.99. The lowest BCUT2D eigenvalue weighted by molar-refractivity contribution is -0.139. The second-order valence-corrected chi connectivity index (χ2v) is 3.90. The molecule has 1 rings (SSSR count). The van der Waals surface area contributed by atoms with Crippen LogP contribution in [0.15, 0.2) is 24.3 Å². The van der Waals surface area contributed by atoms with E-state index in [1.807, 2.05) is 6.07 Å². The van der Waals surface area contributed by atoms with E-state index >= 15 is 0 Å². The van der Waals surface area contributed by atoms with Crippen LogP contribution in [0.25, 0.3) is 6.08 Å². The van der Waals surface area contributed by atoms with E-state index in [0.717, 1.165) is 0 Å². The van der Waals surface area contributed by atoms with Gasteiger partial charge in [-0.3, -0.25) is 0 Å². The third-order valence-electron chi connectivity index (χ3n) is 2.37. The van der Waals surface area contributed by atoms with E-state index in [1.54, 1.807) is 24.3 Å². The molecule has 21 heavy (non-hydrogen) atoms. The molecule has 6 nitrogen and oxygen atoms in total. The van der Waals surface area contributed by atoms with Gasteiger partial charge in [0.15, 0.2) is 24.2 Å². The van der Waals surface area contributed by atoms with Crippen molar-refractivity contribution in [3.63, 3.8) is 0 Å². The Morgan fingerprint density at radius 2 is 2.14 bits per heavy atom. The minimum atomic E-state index is -0.793. The van der Waals surface area contributed by atoms with E-state index in [0.29, 0.717) is 17.1 Å². The summed E-state index contributed by atoms with van der Waals surface area (Å²) in [6.45, 7) is 1.40. The largest absolute Gasteiger partial charge is 0.493 e. The van der Waals surface area contributed by atoms with Crippen molar-refractivity contribution >= 4 is 12.0 Å². The lowest BCUT2D eigenvalue weighted by Gasteiger charge is -2.08. The number of methoxy groups -OCH3 is 1. The molecule has 0 amide bonds. The number of carbonyl (C=O) groups excluding carboxylic acids is 1. The van der Waals surface area contributed by atoms with E-state index in [-0.39, 0.29) is 6.61 Å². The summed E-state index contributed by atoms with van der Waals surface area (Å²) in [7, 11) is 1.48. The van der Waals surface area contributed by atoms with Crippen molar-refractivity contribution in [3.05, 3.63) is 29.8 Å². The fraction of sp³-hybridized carbons (Fsp3) is 0.267. The highest BCUT2D eigenvalue weighted by molar-refractivity contribution is 5.87. The lowest BCUT2D eigenvalue weighted by atomic mass is 10.2. The number of nitriles is 2. The minimum absolute atomic E-state index is 0.0794. The van der Waals surface area contributed by atoms with E-state index in [4.69, 9.17) is 24.7 Å². The first-order chi connectivity index (χ1) is 10.1. The van der Waals surface area contributed by atoms with Gasteiger partial charge in [0.1, 0.15) is 12.1 Å². The van der Waals surface area contributed by atoms with Crippen LogP contribution in [0.3, 0.4) is 0 Å². The summed E-state index contributed by atoms with van der Waals surface area (Å²) < 4.78 is 15.1. The maximum absolute atomic E-state index is 11.4. The molecule has 1 unspecified atom stereocenters. The second kappa shape index (κ2) is 8.23. The SMILES string of the molecule is COc1cc(C=CC(=O)OC(C)C#N)ccc1OCC#N. The predicted octanol–water partition coefficient (Wildman–Crippen LogP) is 2.07. The zero-order valence-corrected chi connectivity index (χ0v) is 11.7. The third-order valence-corrected chi connectivity index (χ3v) is 2.37. The van der Waals surface area contributed by atoms with Crippen LogP contribution >= 0.6 is 0 Å². The molecule has 0 bridgehead atoms. The molecular weight excluding hydrogens is 272 g/mol. The number of benzene rings is 1. The number of hydrogen-bond donors (Lipinski definition) is 0. The van der Waals surface area contributed by atoms with Crippen LogP contribution in [0.2, 0.25) is 0 Å². The molecule has 1 aromatic rings. The fourth-order valence-electron chi connectivity index (χ4n) is 1.42. The summed E-state index contributed by atoms with van der Waals surface area (Å²) in [5, 5.41) is 17.0. The van der Waals surface area contributed by atoms with Crippen LogP contribution in [0, 0.1) is 22.7 Å². The topological polar surface area (TPSA) is 92.3 Å². The fourth-order valence-corrected chi connectivity index (χ4v) is 1.42. The maximum atomic E-state index is 11.4. The molecule has 108 valence electrons. The van der Waals surface area contributed by atoms with E-state index in [1.165, 1.54) is 26.2 Å². The van der Waals surface area contributed by atoms with Crippen molar-refractivity contribution in [2.75, 3.05) is 13.7 Å². The van der Waals surface area contributed by atoms with E-state index < -0.39 is 12.1 Å². The Morgan fingerprint density at radius 3 is 2.76 bits per heavy atom. The van der Waals surface area contributed by atoms with Gasteiger partial charge in [-0.05, 0) is 30.7 Å². The molecule has 0 aliphatic rings. The smallest absolute Gasteiger partial charge is 0.332 e. The Labute approximate surface area is 122 Å². The first kappa shape index (κ1) is 16.1.